The zero-order chi connectivity index (χ0) is 4.99. The van der Waals surface area contributed by atoms with Crippen molar-refractivity contribution in [3.63, 3.8) is 0 Å². The van der Waals surface area contributed by atoms with Gasteiger partial charge in [0.25, 0.3) is 0 Å². The summed E-state index contributed by atoms with van der Waals surface area (Å²) in [6, 6.07) is 0. The van der Waals surface area contributed by atoms with Crippen molar-refractivity contribution in [2.45, 2.75) is 0 Å². The molecule has 0 fully saturated rings. The maximum absolute atomic E-state index is 4.97. The van der Waals surface area contributed by atoms with Crippen LogP contribution in [-0.2, 0) is 0 Å². The Labute approximate surface area is 40.8 Å². The fourth-order valence-corrected chi connectivity index (χ4v) is 0.136. The van der Waals surface area contributed by atoms with Crippen LogP contribution in [0, 0.1) is 0 Å². The third kappa shape index (κ3) is 3.61. The van der Waals surface area contributed by atoms with E-state index >= 15 is 0 Å². The fraction of sp³-hybridized carbons (Fsp3) is 0. The normalized spacial score (nSPS) is 6.67. The van der Waals surface area contributed by atoms with Crippen LogP contribution >= 0.6 is 0 Å². The zero-order valence-corrected chi connectivity index (χ0v) is 3.52. The van der Waals surface area contributed by atoms with Crippen LogP contribution in [0.2, 0.25) is 0 Å². The van der Waals surface area contributed by atoms with E-state index in [0.29, 0.717) is 5.37 Å². The van der Waals surface area contributed by atoms with Crippen LogP contribution in [0.1, 0.15) is 0 Å². The summed E-state index contributed by atoms with van der Waals surface area (Å²) in [6.45, 7) is 3.36. The lowest BCUT2D eigenvalue weighted by Gasteiger charge is -1.76. The van der Waals surface area contributed by atoms with Crippen molar-refractivity contribution in [2.24, 2.45) is 0 Å². The van der Waals surface area contributed by atoms with E-state index < -0.39 is 0 Å². The van der Waals surface area contributed by atoms with E-state index in [9.17, 15) is 0 Å². The molecule has 0 aliphatic carbocycles. The van der Waals surface area contributed by atoms with Crippen molar-refractivity contribution >= 4 is 15.7 Å². The third-order valence-corrected chi connectivity index (χ3v) is 0.310. The summed E-state index contributed by atoms with van der Waals surface area (Å²) < 4.78 is 0. The minimum Gasteiger partial charge on any atom is -0.160 e. The van der Waals surface area contributed by atoms with Gasteiger partial charge in [-0.05, 0) is 0 Å². The highest BCUT2D eigenvalue weighted by atomic mass is 13.5. The van der Waals surface area contributed by atoms with Gasteiger partial charge in [-0.15, -0.1) is 0 Å². The predicted molar refractivity (Wildman–Crippen MR) is 29.8 cm³/mol. The van der Waals surface area contributed by atoms with Crippen LogP contribution in [-0.4, -0.2) is 15.7 Å². The van der Waals surface area contributed by atoms with E-state index in [1.165, 1.54) is 12.2 Å². The molecule has 0 saturated carbocycles. The topological polar surface area (TPSA) is 0 Å². The molecule has 0 saturated heterocycles. The Hall–Kier alpha value is -0.390. The third-order valence-electron chi connectivity index (χ3n) is 0.310. The molecule has 2 heteroatoms. The van der Waals surface area contributed by atoms with Gasteiger partial charge in [0.05, 0.1) is 15.7 Å². The summed E-state index contributed by atoms with van der Waals surface area (Å²) in [4.78, 5) is 0. The molecule has 0 amide bonds. The number of hydrogen-bond donors (Lipinski definition) is 0. The predicted octanol–water partition coefficient (Wildman–Crippen LogP) is 0.351. The van der Waals surface area contributed by atoms with Gasteiger partial charge in [-0.1, -0.05) is 18.7 Å². The van der Waals surface area contributed by atoms with Gasteiger partial charge < -0.3 is 0 Å². The molecule has 0 spiro atoms. The highest BCUT2D eigenvalue weighted by Gasteiger charge is 1.64. The average molecular weight is 73.7 g/mol. The van der Waals surface area contributed by atoms with Gasteiger partial charge in [0.15, 0.2) is 0 Å². The molecule has 0 unspecified atom stereocenters. The lowest BCUT2D eigenvalue weighted by atomic mass is 9.78. The Kier molecular flexibility index (Phi) is 2.64. The second kappa shape index (κ2) is 2.83. The first kappa shape index (κ1) is 5.61. The highest BCUT2D eigenvalue weighted by Crippen LogP contribution is 1.74. The van der Waals surface area contributed by atoms with E-state index in [-0.39, 0.29) is 0 Å². The first-order valence-electron chi connectivity index (χ1n) is 1.61. The van der Waals surface area contributed by atoms with Crippen molar-refractivity contribution in [1.82, 2.24) is 0 Å². The molecule has 4 radical (unpaired) electrons. The Morgan fingerprint density at radius 2 is 2.00 bits per heavy atom. The van der Waals surface area contributed by atoms with Gasteiger partial charge in [-0.3, -0.25) is 0 Å². The molecule has 0 atom stereocenters. The van der Waals surface area contributed by atoms with Crippen molar-refractivity contribution in [1.29, 1.82) is 0 Å². The molecule has 0 nitrogen and oxygen atoms in total. The van der Waals surface area contributed by atoms with Crippen LogP contribution in [0.3, 0.4) is 0 Å². The zero-order valence-electron chi connectivity index (χ0n) is 3.52. The van der Waals surface area contributed by atoms with Crippen LogP contribution < -0.4 is 0 Å². The summed E-state index contributed by atoms with van der Waals surface area (Å²) in [7, 11) is 9.94. The lowest BCUT2D eigenvalue weighted by Crippen LogP contribution is -1.73. The molecule has 0 aliphatic rings. The Bertz CT molecular complexity index is 69.6. The molecule has 0 aromatic carbocycles. The molecule has 0 bridgehead atoms. The Morgan fingerprint density at radius 3 is 2.00 bits per heavy atom. The Morgan fingerprint density at radius 1 is 1.50 bits per heavy atom. The van der Waals surface area contributed by atoms with E-state index in [1.807, 2.05) is 0 Å². The monoisotopic (exact) mass is 74.0 g/mol. The molecule has 0 heterocycles. The molecule has 0 aromatic heterocycles. The van der Waals surface area contributed by atoms with E-state index in [2.05, 4.69) is 6.58 Å². The SMILES string of the molecule is [B]C([B])=CC=C. The highest BCUT2D eigenvalue weighted by molar-refractivity contribution is 6.48. The van der Waals surface area contributed by atoms with Crippen molar-refractivity contribution in [3.05, 3.63) is 24.1 Å². The molecule has 26 valence electrons. The second-order valence-electron chi connectivity index (χ2n) is 0.902. The largest absolute Gasteiger partial charge is 0.160 e. The molecule has 0 aromatic rings. The average Bonchev–Trinajstić information content (AvgIpc) is 1.35. The van der Waals surface area contributed by atoms with Gasteiger partial charge in [0.1, 0.15) is 0 Å². The van der Waals surface area contributed by atoms with E-state index in [0.717, 1.165) is 0 Å². The summed E-state index contributed by atoms with van der Waals surface area (Å²) in [5, 5.41) is 0.296. The molecule has 0 N–H and O–H groups in total. The summed E-state index contributed by atoms with van der Waals surface area (Å²) in [6.07, 6.45) is 3.06. The summed E-state index contributed by atoms with van der Waals surface area (Å²) in [5.41, 5.74) is 0. The maximum atomic E-state index is 4.97. The van der Waals surface area contributed by atoms with Gasteiger partial charge in [-0.25, -0.2) is 0 Å². The van der Waals surface area contributed by atoms with Gasteiger partial charge in [-0.2, -0.15) is 5.37 Å². The lowest BCUT2D eigenvalue weighted by molar-refractivity contribution is 2.06. The smallest absolute Gasteiger partial charge is 0.0923 e. The van der Waals surface area contributed by atoms with Crippen molar-refractivity contribution in [3.8, 4) is 0 Å². The van der Waals surface area contributed by atoms with Crippen LogP contribution in [0.4, 0.5) is 0 Å². The first-order valence-corrected chi connectivity index (χ1v) is 1.61. The van der Waals surface area contributed by atoms with Crippen LogP contribution in [0.5, 0.6) is 0 Å². The van der Waals surface area contributed by atoms with E-state index in [1.54, 1.807) is 0 Å². The van der Waals surface area contributed by atoms with Crippen molar-refractivity contribution < 1.29 is 0 Å². The minimum absolute atomic E-state index is 0.296. The van der Waals surface area contributed by atoms with Crippen molar-refractivity contribution in [2.75, 3.05) is 0 Å². The Balaban J connectivity index is 3.41. The molecule has 6 heavy (non-hydrogen) atoms. The second-order valence-corrected chi connectivity index (χ2v) is 0.902. The first-order chi connectivity index (χ1) is 2.77. The quantitative estimate of drug-likeness (QED) is 0.311. The van der Waals surface area contributed by atoms with E-state index in [4.69, 9.17) is 15.7 Å². The van der Waals surface area contributed by atoms with Crippen LogP contribution in [0.25, 0.3) is 0 Å². The molecular formula is C4H4B2. The standard InChI is InChI=1S/C4H4B2/c1-2-3-4(5)6/h2-3H,1H2. The van der Waals surface area contributed by atoms with Gasteiger partial charge >= 0.3 is 0 Å². The number of rotatable bonds is 1. The molecular weight excluding hydrogens is 69.7 g/mol. The maximum Gasteiger partial charge on any atom is 0.0923 e. The molecule has 0 aliphatic heterocycles. The minimum atomic E-state index is 0.296. The molecule has 0 rings (SSSR count). The number of hydrogen-bond acceptors (Lipinski definition) is 0. The van der Waals surface area contributed by atoms with Gasteiger partial charge in [0, 0.05) is 0 Å². The van der Waals surface area contributed by atoms with Crippen LogP contribution in [0.15, 0.2) is 24.1 Å². The summed E-state index contributed by atoms with van der Waals surface area (Å²) in [5.74, 6) is 0. The summed E-state index contributed by atoms with van der Waals surface area (Å²) >= 11 is 0. The fourth-order valence-electron chi connectivity index (χ4n) is 0.136. The van der Waals surface area contributed by atoms with Gasteiger partial charge in [0.2, 0.25) is 0 Å². The number of allylic oxidation sites excluding steroid dienone is 2.